The minimum atomic E-state index is -0.167. The first-order valence-electron chi connectivity index (χ1n) is 11.1. The fourth-order valence-electron chi connectivity index (χ4n) is 3.81. The summed E-state index contributed by atoms with van der Waals surface area (Å²) in [7, 11) is 0. The van der Waals surface area contributed by atoms with Crippen LogP contribution in [0.1, 0.15) is 43.4 Å². The molecule has 0 radical (unpaired) electrons. The number of carbonyl (C=O) groups excluding carboxylic acids is 1. The van der Waals surface area contributed by atoms with Crippen LogP contribution in [0, 0.1) is 13.8 Å². The van der Waals surface area contributed by atoms with Crippen LogP contribution >= 0.6 is 0 Å². The SMILES string of the molecule is CCCOc1ccc(-c2ccc(-c3cccc(C)c3)c(C)c2)c(CCC(=O)OCC)c1. The first-order valence-corrected chi connectivity index (χ1v) is 11.1. The first kappa shape index (κ1) is 22.6. The van der Waals surface area contributed by atoms with Crippen LogP contribution < -0.4 is 4.74 Å². The van der Waals surface area contributed by atoms with E-state index in [1.807, 2.05) is 13.0 Å². The van der Waals surface area contributed by atoms with Gasteiger partial charge in [-0.25, -0.2) is 0 Å². The molecule has 0 spiro atoms. The van der Waals surface area contributed by atoms with Crippen molar-refractivity contribution < 1.29 is 14.3 Å². The number of hydrogen-bond acceptors (Lipinski definition) is 3. The highest BCUT2D eigenvalue weighted by Gasteiger charge is 2.12. The Bertz CT molecular complexity index is 1040. The standard InChI is InChI=1S/C28H32O3/c1-5-16-31-25-12-14-27(24(19-25)11-15-28(29)30-6-2)23-10-13-26(21(4)18-23)22-9-7-8-20(3)17-22/h7-10,12-14,17-19H,5-6,11,15-16H2,1-4H3. The molecule has 3 rings (SSSR count). The van der Waals surface area contributed by atoms with E-state index in [-0.39, 0.29) is 5.97 Å². The van der Waals surface area contributed by atoms with Gasteiger partial charge in [0.2, 0.25) is 0 Å². The summed E-state index contributed by atoms with van der Waals surface area (Å²) in [5.41, 5.74) is 8.33. The second-order valence-corrected chi connectivity index (χ2v) is 7.87. The third-order valence-corrected chi connectivity index (χ3v) is 5.32. The highest BCUT2D eigenvalue weighted by atomic mass is 16.5. The van der Waals surface area contributed by atoms with E-state index < -0.39 is 0 Å². The van der Waals surface area contributed by atoms with Crippen LogP contribution in [0.4, 0.5) is 0 Å². The summed E-state index contributed by atoms with van der Waals surface area (Å²) in [5.74, 6) is 0.678. The van der Waals surface area contributed by atoms with Crippen LogP contribution in [0.15, 0.2) is 60.7 Å². The molecule has 0 saturated heterocycles. The van der Waals surface area contributed by atoms with E-state index in [1.165, 1.54) is 22.3 Å². The van der Waals surface area contributed by atoms with Crippen molar-refractivity contribution in [2.45, 2.75) is 47.0 Å². The molecule has 0 saturated carbocycles. The zero-order chi connectivity index (χ0) is 22.2. The van der Waals surface area contributed by atoms with Gasteiger partial charge in [0.05, 0.1) is 13.2 Å². The van der Waals surface area contributed by atoms with E-state index in [9.17, 15) is 4.79 Å². The average molecular weight is 417 g/mol. The van der Waals surface area contributed by atoms with Gasteiger partial charge in [-0.3, -0.25) is 4.79 Å². The quantitative estimate of drug-likeness (QED) is 0.355. The van der Waals surface area contributed by atoms with Crippen LogP contribution in [-0.2, 0) is 16.0 Å². The summed E-state index contributed by atoms with van der Waals surface area (Å²) in [4.78, 5) is 12.0. The molecule has 3 nitrogen and oxygen atoms in total. The van der Waals surface area contributed by atoms with E-state index in [1.54, 1.807) is 0 Å². The zero-order valence-electron chi connectivity index (χ0n) is 19.0. The van der Waals surface area contributed by atoms with Crippen LogP contribution in [0.25, 0.3) is 22.3 Å². The maximum absolute atomic E-state index is 12.0. The number of carbonyl (C=O) groups is 1. The molecule has 0 aliphatic carbocycles. The van der Waals surface area contributed by atoms with Crippen LogP contribution in [-0.4, -0.2) is 19.2 Å². The number of rotatable bonds is 9. The molecule has 0 fully saturated rings. The molecule has 0 amide bonds. The molecule has 0 unspecified atom stereocenters. The second kappa shape index (κ2) is 10.8. The van der Waals surface area contributed by atoms with Crippen molar-refractivity contribution in [1.29, 1.82) is 0 Å². The Hall–Kier alpha value is -3.07. The van der Waals surface area contributed by atoms with Crippen LogP contribution in [0.2, 0.25) is 0 Å². The average Bonchev–Trinajstić information content (AvgIpc) is 2.76. The predicted octanol–water partition coefficient (Wildman–Crippen LogP) is 6.92. The molecular weight excluding hydrogens is 384 g/mol. The van der Waals surface area contributed by atoms with E-state index in [4.69, 9.17) is 9.47 Å². The fourth-order valence-corrected chi connectivity index (χ4v) is 3.81. The van der Waals surface area contributed by atoms with Gasteiger partial charge in [-0.15, -0.1) is 0 Å². The topological polar surface area (TPSA) is 35.5 Å². The maximum atomic E-state index is 12.0. The lowest BCUT2D eigenvalue weighted by atomic mass is 9.92. The minimum Gasteiger partial charge on any atom is -0.494 e. The van der Waals surface area contributed by atoms with Gasteiger partial charge in [0.15, 0.2) is 0 Å². The number of esters is 1. The van der Waals surface area contributed by atoms with Crippen molar-refractivity contribution in [3.05, 3.63) is 77.4 Å². The van der Waals surface area contributed by atoms with Gasteiger partial charge in [0.1, 0.15) is 5.75 Å². The fraction of sp³-hybridized carbons (Fsp3) is 0.321. The molecule has 3 heteroatoms. The van der Waals surface area contributed by atoms with Crippen molar-refractivity contribution in [2.24, 2.45) is 0 Å². The predicted molar refractivity (Wildman–Crippen MR) is 128 cm³/mol. The molecule has 0 aromatic heterocycles. The Morgan fingerprint density at radius 2 is 1.65 bits per heavy atom. The second-order valence-electron chi connectivity index (χ2n) is 7.87. The lowest BCUT2D eigenvalue weighted by Crippen LogP contribution is -2.06. The molecule has 0 atom stereocenters. The smallest absolute Gasteiger partial charge is 0.306 e. The first-order chi connectivity index (χ1) is 15.0. The number of ether oxygens (including phenoxy) is 2. The molecule has 0 N–H and O–H groups in total. The van der Waals surface area contributed by atoms with Gasteiger partial charge in [0.25, 0.3) is 0 Å². The zero-order valence-corrected chi connectivity index (χ0v) is 19.0. The Morgan fingerprint density at radius 1 is 0.871 bits per heavy atom. The van der Waals surface area contributed by atoms with Crippen molar-refractivity contribution >= 4 is 5.97 Å². The summed E-state index contributed by atoms with van der Waals surface area (Å²) in [5, 5.41) is 0. The van der Waals surface area contributed by atoms with Crippen molar-refractivity contribution in [1.82, 2.24) is 0 Å². The van der Waals surface area contributed by atoms with Gasteiger partial charge >= 0.3 is 5.97 Å². The lowest BCUT2D eigenvalue weighted by Gasteiger charge is -2.15. The largest absolute Gasteiger partial charge is 0.494 e. The minimum absolute atomic E-state index is 0.167. The van der Waals surface area contributed by atoms with Crippen LogP contribution in [0.3, 0.4) is 0 Å². The normalized spacial score (nSPS) is 10.7. The summed E-state index contributed by atoms with van der Waals surface area (Å²) < 4.78 is 11.0. The summed E-state index contributed by atoms with van der Waals surface area (Å²) in [6.45, 7) is 9.28. The van der Waals surface area contributed by atoms with Gasteiger partial charge in [-0.05, 0) is 79.1 Å². The van der Waals surface area contributed by atoms with Gasteiger partial charge in [-0.1, -0.05) is 61.0 Å². The van der Waals surface area contributed by atoms with Crippen molar-refractivity contribution in [2.75, 3.05) is 13.2 Å². The molecule has 0 aliphatic rings. The van der Waals surface area contributed by atoms with Crippen LogP contribution in [0.5, 0.6) is 5.75 Å². The van der Waals surface area contributed by atoms with E-state index in [2.05, 4.69) is 75.4 Å². The molecule has 0 heterocycles. The Labute approximate surface area is 186 Å². The van der Waals surface area contributed by atoms with Gasteiger partial charge in [0, 0.05) is 6.42 Å². The molecule has 3 aromatic carbocycles. The Kier molecular flexibility index (Phi) is 7.88. The molecule has 0 bridgehead atoms. The Balaban J connectivity index is 1.94. The number of benzene rings is 3. The third kappa shape index (κ3) is 5.97. The summed E-state index contributed by atoms with van der Waals surface area (Å²) >= 11 is 0. The van der Waals surface area contributed by atoms with E-state index in [0.717, 1.165) is 28.9 Å². The molecule has 162 valence electrons. The van der Waals surface area contributed by atoms with Gasteiger partial charge in [-0.2, -0.15) is 0 Å². The highest BCUT2D eigenvalue weighted by Crippen LogP contribution is 2.33. The summed E-state index contributed by atoms with van der Waals surface area (Å²) in [6, 6.07) is 21.4. The molecule has 0 aliphatic heterocycles. The highest BCUT2D eigenvalue weighted by molar-refractivity contribution is 5.76. The van der Waals surface area contributed by atoms with E-state index in [0.29, 0.717) is 26.1 Å². The monoisotopic (exact) mass is 416 g/mol. The molecule has 3 aromatic rings. The van der Waals surface area contributed by atoms with Crippen molar-refractivity contribution in [3.8, 4) is 28.0 Å². The molecular formula is C28H32O3. The van der Waals surface area contributed by atoms with E-state index >= 15 is 0 Å². The van der Waals surface area contributed by atoms with Crippen molar-refractivity contribution in [3.63, 3.8) is 0 Å². The molecule has 31 heavy (non-hydrogen) atoms. The Morgan fingerprint density at radius 3 is 2.35 bits per heavy atom. The number of hydrogen-bond donors (Lipinski definition) is 0. The number of aryl methyl sites for hydroxylation is 3. The maximum Gasteiger partial charge on any atom is 0.306 e. The lowest BCUT2D eigenvalue weighted by molar-refractivity contribution is -0.143. The van der Waals surface area contributed by atoms with Gasteiger partial charge < -0.3 is 9.47 Å². The summed E-state index contributed by atoms with van der Waals surface area (Å²) in [6.07, 6.45) is 1.94. The third-order valence-electron chi connectivity index (χ3n) is 5.32.